The number of fused-ring (bicyclic) bond motifs is 1. The van der Waals surface area contributed by atoms with Gasteiger partial charge in [-0.15, -0.1) is 34.5 Å². The number of alkyl halides is 2. The maximum absolute atomic E-state index is 12.1. The highest BCUT2D eigenvalue weighted by Crippen LogP contribution is 2.53. The molecule has 0 radical (unpaired) electrons. The van der Waals surface area contributed by atoms with Crippen molar-refractivity contribution in [2.45, 2.75) is 17.7 Å². The number of hydrogen-bond donors (Lipinski definition) is 0. The van der Waals surface area contributed by atoms with Crippen molar-refractivity contribution in [3.8, 4) is 0 Å². The number of esters is 1. The van der Waals surface area contributed by atoms with E-state index in [1.54, 1.807) is 14.0 Å². The summed E-state index contributed by atoms with van der Waals surface area (Å²) >= 11 is 12.9. The smallest absolute Gasteiger partial charge is 0.348 e. The molecule has 1 atom stereocenters. The van der Waals surface area contributed by atoms with E-state index in [-0.39, 0.29) is 18.1 Å². The molecule has 0 aromatic carbocycles. The van der Waals surface area contributed by atoms with Gasteiger partial charge >= 0.3 is 5.97 Å². The molecule has 2 aromatic heterocycles. The third kappa shape index (κ3) is 2.56. The van der Waals surface area contributed by atoms with E-state index in [9.17, 15) is 9.59 Å². The quantitative estimate of drug-likeness (QED) is 0.633. The Morgan fingerprint density at radius 1 is 1.62 bits per heavy atom. The summed E-state index contributed by atoms with van der Waals surface area (Å²) in [6.07, 6.45) is 2.06. The topological polar surface area (TPSA) is 61.2 Å². The second kappa shape index (κ2) is 4.97. The molecule has 21 heavy (non-hydrogen) atoms. The van der Waals surface area contributed by atoms with Crippen molar-refractivity contribution in [1.82, 2.24) is 9.55 Å². The number of hydrogen-bond acceptors (Lipinski definition) is 5. The van der Waals surface area contributed by atoms with E-state index >= 15 is 0 Å². The minimum atomic E-state index is -0.771. The lowest BCUT2D eigenvalue weighted by molar-refractivity contribution is 0.0490. The van der Waals surface area contributed by atoms with Gasteiger partial charge in [-0.3, -0.25) is 4.79 Å². The molecule has 2 aromatic rings. The normalized spacial score (nSPS) is 19.7. The van der Waals surface area contributed by atoms with E-state index < -0.39 is 10.3 Å². The van der Waals surface area contributed by atoms with Crippen LogP contribution in [0.1, 0.15) is 21.7 Å². The van der Waals surface area contributed by atoms with E-state index in [1.807, 2.05) is 0 Å². The van der Waals surface area contributed by atoms with Crippen molar-refractivity contribution in [3.05, 3.63) is 27.1 Å². The molecule has 3 rings (SSSR count). The largest absolute Gasteiger partial charge is 0.461 e. The maximum Gasteiger partial charge on any atom is 0.348 e. The van der Waals surface area contributed by atoms with Crippen LogP contribution in [-0.4, -0.2) is 26.5 Å². The first-order chi connectivity index (χ1) is 9.81. The molecule has 1 fully saturated rings. The van der Waals surface area contributed by atoms with Crippen molar-refractivity contribution in [2.24, 2.45) is 13.0 Å². The SMILES string of the molecule is Cc1c(C(=O)OCC2CC2(Cl)Cl)sc2ncn(C)c(=O)c12. The fourth-order valence-electron chi connectivity index (χ4n) is 2.10. The van der Waals surface area contributed by atoms with Crippen molar-refractivity contribution in [1.29, 1.82) is 0 Å². The van der Waals surface area contributed by atoms with E-state index in [0.717, 1.165) is 11.3 Å². The fraction of sp³-hybridized carbons (Fsp3) is 0.462. The zero-order valence-electron chi connectivity index (χ0n) is 11.4. The predicted molar refractivity (Wildman–Crippen MR) is 82.4 cm³/mol. The second-order valence-corrected chi connectivity index (χ2v) is 7.70. The summed E-state index contributed by atoms with van der Waals surface area (Å²) in [4.78, 5) is 29.3. The maximum atomic E-state index is 12.1. The Bertz CT molecular complexity index is 797. The molecule has 0 saturated heterocycles. The number of thiophene rings is 1. The number of nitrogens with zero attached hydrogens (tertiary/aromatic N) is 2. The number of aromatic nitrogens is 2. The molecule has 2 heterocycles. The Kier molecular flexibility index (Phi) is 3.50. The second-order valence-electron chi connectivity index (χ2n) is 5.16. The van der Waals surface area contributed by atoms with Crippen LogP contribution in [0.25, 0.3) is 10.2 Å². The van der Waals surface area contributed by atoms with Crippen LogP contribution in [-0.2, 0) is 11.8 Å². The van der Waals surface area contributed by atoms with E-state index in [2.05, 4.69) is 4.98 Å². The van der Waals surface area contributed by atoms with Gasteiger partial charge in [0.25, 0.3) is 5.56 Å². The van der Waals surface area contributed by atoms with Gasteiger partial charge in [0, 0.05) is 13.0 Å². The van der Waals surface area contributed by atoms with Gasteiger partial charge in [-0.1, -0.05) is 0 Å². The third-order valence-corrected chi connectivity index (χ3v) is 5.67. The predicted octanol–water partition coefficient (Wildman–Crippen LogP) is 2.65. The number of rotatable bonds is 3. The van der Waals surface area contributed by atoms with Gasteiger partial charge in [0.1, 0.15) is 14.0 Å². The van der Waals surface area contributed by atoms with Gasteiger partial charge in [0.05, 0.1) is 18.3 Å². The van der Waals surface area contributed by atoms with Crippen LogP contribution in [0.2, 0.25) is 0 Å². The number of aryl methyl sites for hydroxylation is 2. The van der Waals surface area contributed by atoms with Crippen LogP contribution in [0.3, 0.4) is 0 Å². The highest BCUT2D eigenvalue weighted by molar-refractivity contribution is 7.20. The summed E-state index contributed by atoms with van der Waals surface area (Å²) in [5.74, 6) is -0.487. The number of carbonyl (C=O) groups excluding carboxylic acids is 1. The summed E-state index contributed by atoms with van der Waals surface area (Å²) < 4.78 is 5.85. The first-order valence-electron chi connectivity index (χ1n) is 6.31. The van der Waals surface area contributed by atoms with Crippen LogP contribution >= 0.6 is 34.5 Å². The van der Waals surface area contributed by atoms with Crippen molar-refractivity contribution < 1.29 is 9.53 Å². The summed E-state index contributed by atoms with van der Waals surface area (Å²) in [5.41, 5.74) is 0.433. The molecule has 0 bridgehead atoms. The molecule has 112 valence electrons. The molecule has 1 saturated carbocycles. The molecular weight excluding hydrogens is 335 g/mol. The average molecular weight is 347 g/mol. The van der Waals surface area contributed by atoms with Gasteiger partial charge in [-0.2, -0.15) is 0 Å². The lowest BCUT2D eigenvalue weighted by Crippen LogP contribution is -2.17. The molecule has 0 N–H and O–H groups in total. The standard InChI is InChI=1S/C13H12Cl2N2O3S/c1-6-8-10(16-5-17(2)11(8)18)21-9(6)12(19)20-4-7-3-13(7,14)15/h5,7H,3-4H2,1-2H3. The molecule has 1 aliphatic carbocycles. The minimum Gasteiger partial charge on any atom is -0.461 e. The van der Waals surface area contributed by atoms with Crippen LogP contribution in [0, 0.1) is 12.8 Å². The van der Waals surface area contributed by atoms with Crippen LogP contribution in [0.5, 0.6) is 0 Å². The summed E-state index contributed by atoms with van der Waals surface area (Å²) in [6.45, 7) is 1.91. The molecule has 5 nitrogen and oxygen atoms in total. The Balaban J connectivity index is 1.87. The first-order valence-corrected chi connectivity index (χ1v) is 7.88. The summed E-state index contributed by atoms with van der Waals surface area (Å²) in [7, 11) is 1.62. The molecular formula is C13H12Cl2N2O3S. The monoisotopic (exact) mass is 346 g/mol. The lowest BCUT2D eigenvalue weighted by atomic mass is 10.2. The van der Waals surface area contributed by atoms with Crippen LogP contribution in [0.4, 0.5) is 0 Å². The average Bonchev–Trinajstić information content (AvgIpc) is 2.88. The van der Waals surface area contributed by atoms with Gasteiger partial charge < -0.3 is 9.30 Å². The zero-order chi connectivity index (χ0) is 15.4. The van der Waals surface area contributed by atoms with Gasteiger partial charge in [-0.05, 0) is 18.9 Å². The Hall–Kier alpha value is -1.11. The van der Waals surface area contributed by atoms with Crippen LogP contribution < -0.4 is 5.56 Å². The lowest BCUT2D eigenvalue weighted by Gasteiger charge is -2.03. The first kappa shape index (κ1) is 14.8. The van der Waals surface area contributed by atoms with E-state index in [0.29, 0.717) is 27.1 Å². The Morgan fingerprint density at radius 3 is 2.90 bits per heavy atom. The van der Waals surface area contributed by atoms with Gasteiger partial charge in [0.2, 0.25) is 0 Å². The van der Waals surface area contributed by atoms with Gasteiger partial charge in [-0.25, -0.2) is 9.78 Å². The van der Waals surface area contributed by atoms with E-state index in [1.165, 1.54) is 10.9 Å². The highest BCUT2D eigenvalue weighted by atomic mass is 35.5. The van der Waals surface area contributed by atoms with Gasteiger partial charge in [0.15, 0.2) is 0 Å². The third-order valence-electron chi connectivity index (χ3n) is 3.57. The molecule has 0 aliphatic heterocycles. The molecule has 0 amide bonds. The number of carbonyl (C=O) groups is 1. The van der Waals surface area contributed by atoms with Crippen molar-refractivity contribution in [2.75, 3.05) is 6.61 Å². The van der Waals surface area contributed by atoms with E-state index in [4.69, 9.17) is 27.9 Å². The Labute approximate surface area is 134 Å². The Morgan fingerprint density at radius 2 is 2.29 bits per heavy atom. The number of halogens is 2. The van der Waals surface area contributed by atoms with Crippen LogP contribution in [0.15, 0.2) is 11.1 Å². The number of ether oxygens (including phenoxy) is 1. The molecule has 0 spiro atoms. The fourth-order valence-corrected chi connectivity index (χ4v) is 3.63. The zero-order valence-corrected chi connectivity index (χ0v) is 13.7. The summed E-state index contributed by atoms with van der Waals surface area (Å²) in [5, 5.41) is 0.465. The molecule has 8 heteroatoms. The molecule has 1 unspecified atom stereocenters. The highest BCUT2D eigenvalue weighted by Gasteiger charge is 2.52. The minimum absolute atomic E-state index is 0.0227. The molecule has 1 aliphatic rings. The summed E-state index contributed by atoms with van der Waals surface area (Å²) in [6, 6.07) is 0. The van der Waals surface area contributed by atoms with Crippen molar-refractivity contribution in [3.63, 3.8) is 0 Å². The van der Waals surface area contributed by atoms with Crippen molar-refractivity contribution >= 4 is 50.7 Å².